The van der Waals surface area contributed by atoms with Crippen LogP contribution < -0.4 is 5.32 Å². The van der Waals surface area contributed by atoms with Crippen LogP contribution in [0.25, 0.3) is 10.1 Å². The molecule has 2 aromatic rings. The number of halogens is 1. The summed E-state index contributed by atoms with van der Waals surface area (Å²) in [5, 5.41) is 4.55. The van der Waals surface area contributed by atoms with Gasteiger partial charge in [0, 0.05) is 16.6 Å². The third-order valence-electron chi connectivity index (χ3n) is 6.72. The lowest BCUT2D eigenvalue weighted by Gasteiger charge is -2.57. The first-order valence-electron chi connectivity index (χ1n) is 10.1. The SMILES string of the molecule is C[C@H](CNC(=O)c1sc2ccccc2c1Cl)OC12CC3CC(CC(C3)C1)C2. The molecule has 6 rings (SSSR count). The summed E-state index contributed by atoms with van der Waals surface area (Å²) in [6, 6.07) is 7.88. The van der Waals surface area contributed by atoms with Crippen LogP contribution in [0.1, 0.15) is 55.1 Å². The molecule has 1 amide bonds. The molecule has 144 valence electrons. The zero-order valence-corrected chi connectivity index (χ0v) is 17.2. The molecule has 1 aromatic carbocycles. The first-order valence-corrected chi connectivity index (χ1v) is 11.3. The second-order valence-electron chi connectivity index (χ2n) is 8.98. The summed E-state index contributed by atoms with van der Waals surface area (Å²) in [6.45, 7) is 2.62. The van der Waals surface area contributed by atoms with Crippen LogP contribution in [0.3, 0.4) is 0 Å². The molecule has 0 radical (unpaired) electrons. The summed E-state index contributed by atoms with van der Waals surface area (Å²) in [5.41, 5.74) is 0.0775. The highest BCUT2D eigenvalue weighted by Crippen LogP contribution is 2.57. The van der Waals surface area contributed by atoms with Gasteiger partial charge in [-0.3, -0.25) is 4.79 Å². The molecule has 4 saturated carbocycles. The van der Waals surface area contributed by atoms with Crippen LogP contribution in [0.4, 0.5) is 0 Å². The average Bonchev–Trinajstić information content (AvgIpc) is 2.95. The van der Waals surface area contributed by atoms with Gasteiger partial charge in [-0.25, -0.2) is 0 Å². The van der Waals surface area contributed by atoms with Crippen molar-refractivity contribution in [1.29, 1.82) is 0 Å². The van der Waals surface area contributed by atoms with Gasteiger partial charge in [-0.15, -0.1) is 11.3 Å². The topological polar surface area (TPSA) is 38.3 Å². The fourth-order valence-electron chi connectivity index (χ4n) is 6.12. The number of nitrogens with one attached hydrogen (secondary N) is 1. The van der Waals surface area contributed by atoms with Crippen LogP contribution in [0.15, 0.2) is 24.3 Å². The molecular formula is C22H26ClNO2S. The predicted octanol–water partition coefficient (Wildman–Crippen LogP) is 5.66. The summed E-state index contributed by atoms with van der Waals surface area (Å²) in [6.07, 6.45) is 7.94. The smallest absolute Gasteiger partial charge is 0.263 e. The number of hydrogen-bond donors (Lipinski definition) is 1. The molecule has 4 fully saturated rings. The normalized spacial score (nSPS) is 32.7. The van der Waals surface area contributed by atoms with E-state index in [9.17, 15) is 4.79 Å². The Bertz CT molecular complexity index is 841. The number of hydrogen-bond acceptors (Lipinski definition) is 3. The lowest BCUT2D eigenvalue weighted by Crippen LogP contribution is -2.53. The molecule has 5 heteroatoms. The number of benzene rings is 1. The number of fused-ring (bicyclic) bond motifs is 1. The molecule has 1 N–H and O–H groups in total. The fraction of sp³-hybridized carbons (Fsp3) is 0.591. The number of thiophene rings is 1. The Kier molecular flexibility index (Phi) is 4.49. The molecule has 4 aliphatic carbocycles. The molecule has 0 saturated heterocycles. The Hall–Kier alpha value is -1.10. The molecule has 4 bridgehead atoms. The second-order valence-corrected chi connectivity index (χ2v) is 10.4. The van der Waals surface area contributed by atoms with E-state index in [2.05, 4.69) is 12.2 Å². The van der Waals surface area contributed by atoms with Crippen molar-refractivity contribution >= 4 is 38.9 Å². The van der Waals surface area contributed by atoms with Crippen LogP contribution in [0.5, 0.6) is 0 Å². The van der Waals surface area contributed by atoms with Gasteiger partial charge in [0.1, 0.15) is 4.88 Å². The van der Waals surface area contributed by atoms with Gasteiger partial charge in [0.25, 0.3) is 5.91 Å². The van der Waals surface area contributed by atoms with Gasteiger partial charge in [-0.2, -0.15) is 0 Å². The maximum Gasteiger partial charge on any atom is 0.263 e. The van der Waals surface area contributed by atoms with Gasteiger partial charge in [0.2, 0.25) is 0 Å². The maximum atomic E-state index is 12.7. The molecule has 0 spiro atoms. The van der Waals surface area contributed by atoms with Crippen molar-refractivity contribution in [3.05, 3.63) is 34.2 Å². The predicted molar refractivity (Wildman–Crippen MR) is 111 cm³/mol. The van der Waals surface area contributed by atoms with Gasteiger partial charge in [0.05, 0.1) is 16.7 Å². The molecule has 1 heterocycles. The summed E-state index contributed by atoms with van der Waals surface area (Å²) in [5.74, 6) is 2.52. The minimum Gasteiger partial charge on any atom is -0.370 e. The summed E-state index contributed by atoms with van der Waals surface area (Å²) >= 11 is 7.88. The Labute approximate surface area is 169 Å². The summed E-state index contributed by atoms with van der Waals surface area (Å²) < 4.78 is 7.63. The van der Waals surface area contributed by atoms with E-state index in [0.717, 1.165) is 27.8 Å². The standard InChI is InChI=1S/C22H26ClNO2S/c1-13(26-22-9-14-6-15(10-22)8-16(7-14)11-22)12-24-21(25)20-19(23)17-4-2-3-5-18(17)27-20/h2-5,13-16H,6-12H2,1H3,(H,24,25)/t13-,14?,15?,16?,22?/m1/s1. The molecule has 0 aliphatic heterocycles. The molecule has 0 unspecified atom stereocenters. The van der Waals surface area contributed by atoms with Crippen molar-refractivity contribution in [2.75, 3.05) is 6.54 Å². The lowest BCUT2D eigenvalue weighted by molar-refractivity contribution is -0.182. The van der Waals surface area contributed by atoms with Crippen molar-refractivity contribution in [2.45, 2.75) is 57.2 Å². The minimum atomic E-state index is -0.0952. The van der Waals surface area contributed by atoms with Crippen molar-refractivity contribution < 1.29 is 9.53 Å². The Morgan fingerprint density at radius 2 is 1.85 bits per heavy atom. The van der Waals surface area contributed by atoms with E-state index >= 15 is 0 Å². The first-order chi connectivity index (χ1) is 13.0. The minimum absolute atomic E-state index is 0.0263. The monoisotopic (exact) mass is 403 g/mol. The zero-order chi connectivity index (χ0) is 18.6. The highest BCUT2D eigenvalue weighted by molar-refractivity contribution is 7.21. The average molecular weight is 404 g/mol. The fourth-order valence-corrected chi connectivity index (χ4v) is 7.55. The second kappa shape index (κ2) is 6.75. The zero-order valence-electron chi connectivity index (χ0n) is 15.7. The maximum absolute atomic E-state index is 12.7. The van der Waals surface area contributed by atoms with E-state index in [-0.39, 0.29) is 17.6 Å². The van der Waals surface area contributed by atoms with E-state index in [0.29, 0.717) is 16.4 Å². The van der Waals surface area contributed by atoms with Gasteiger partial charge < -0.3 is 10.1 Å². The molecule has 3 nitrogen and oxygen atoms in total. The molecule has 4 aliphatic rings. The highest BCUT2D eigenvalue weighted by atomic mass is 35.5. The van der Waals surface area contributed by atoms with Crippen molar-refractivity contribution in [2.24, 2.45) is 17.8 Å². The Balaban J connectivity index is 1.22. The van der Waals surface area contributed by atoms with Crippen LogP contribution in [-0.2, 0) is 4.74 Å². The van der Waals surface area contributed by atoms with Gasteiger partial charge in [-0.05, 0) is 69.3 Å². The van der Waals surface area contributed by atoms with Crippen LogP contribution in [0, 0.1) is 17.8 Å². The molecular weight excluding hydrogens is 378 g/mol. The number of amides is 1. The molecule has 1 aromatic heterocycles. The first kappa shape index (κ1) is 18.0. The van der Waals surface area contributed by atoms with Gasteiger partial charge in [-0.1, -0.05) is 29.8 Å². The number of rotatable bonds is 5. The van der Waals surface area contributed by atoms with E-state index in [1.165, 1.54) is 49.9 Å². The van der Waals surface area contributed by atoms with Gasteiger partial charge >= 0.3 is 0 Å². The van der Waals surface area contributed by atoms with Crippen molar-refractivity contribution in [1.82, 2.24) is 5.32 Å². The summed E-state index contributed by atoms with van der Waals surface area (Å²) in [4.78, 5) is 13.3. The van der Waals surface area contributed by atoms with E-state index in [1.807, 2.05) is 24.3 Å². The summed E-state index contributed by atoms with van der Waals surface area (Å²) in [7, 11) is 0. The lowest BCUT2D eigenvalue weighted by atomic mass is 9.54. The third-order valence-corrected chi connectivity index (χ3v) is 8.40. The van der Waals surface area contributed by atoms with Gasteiger partial charge in [0.15, 0.2) is 0 Å². The largest absolute Gasteiger partial charge is 0.370 e. The van der Waals surface area contributed by atoms with Crippen molar-refractivity contribution in [3.8, 4) is 0 Å². The van der Waals surface area contributed by atoms with Crippen LogP contribution in [-0.4, -0.2) is 24.2 Å². The van der Waals surface area contributed by atoms with Crippen LogP contribution >= 0.6 is 22.9 Å². The number of carbonyl (C=O) groups is 1. The highest BCUT2D eigenvalue weighted by Gasteiger charge is 2.52. The third kappa shape index (κ3) is 3.30. The van der Waals surface area contributed by atoms with Crippen LogP contribution in [0.2, 0.25) is 5.02 Å². The van der Waals surface area contributed by atoms with E-state index in [1.54, 1.807) is 0 Å². The quantitative estimate of drug-likeness (QED) is 0.699. The number of carbonyl (C=O) groups excluding carboxylic acids is 1. The van der Waals surface area contributed by atoms with Crippen molar-refractivity contribution in [3.63, 3.8) is 0 Å². The van der Waals surface area contributed by atoms with E-state index < -0.39 is 0 Å². The Morgan fingerprint density at radius 1 is 1.22 bits per heavy atom. The Morgan fingerprint density at radius 3 is 2.48 bits per heavy atom. The molecule has 1 atom stereocenters. The van der Waals surface area contributed by atoms with E-state index in [4.69, 9.17) is 16.3 Å². The molecule has 27 heavy (non-hydrogen) atoms. The number of ether oxygens (including phenoxy) is 1.